The zero-order chi connectivity index (χ0) is 16.1. The second-order valence-electron chi connectivity index (χ2n) is 5.90. The molecule has 3 rings (SSSR count). The van der Waals surface area contributed by atoms with Gasteiger partial charge >= 0.3 is 0 Å². The zero-order valence-electron chi connectivity index (χ0n) is 13.7. The first kappa shape index (κ1) is 15.9. The van der Waals surface area contributed by atoms with E-state index >= 15 is 0 Å². The lowest BCUT2D eigenvalue weighted by atomic mass is 10.1. The fraction of sp³-hybridized carbons (Fsp3) is 0.444. The van der Waals surface area contributed by atoms with Crippen LogP contribution in [0, 0.1) is 13.8 Å². The fourth-order valence-electron chi connectivity index (χ4n) is 2.67. The molecule has 0 saturated carbocycles. The highest BCUT2D eigenvalue weighted by atomic mass is 16.5. The molecule has 23 heavy (non-hydrogen) atoms. The molecule has 2 aromatic rings. The van der Waals surface area contributed by atoms with Gasteiger partial charge in [0.15, 0.2) is 0 Å². The minimum atomic E-state index is 0.0126. The largest absolute Gasteiger partial charge is 0.379 e. The number of aryl methyl sites for hydroxylation is 2. The van der Waals surface area contributed by atoms with Crippen LogP contribution >= 0.6 is 0 Å². The Kier molecular flexibility index (Phi) is 5.20. The molecule has 5 nitrogen and oxygen atoms in total. The highest BCUT2D eigenvalue weighted by Gasteiger charge is 2.27. The molecule has 5 heteroatoms. The summed E-state index contributed by atoms with van der Waals surface area (Å²) in [7, 11) is 0. The van der Waals surface area contributed by atoms with Crippen LogP contribution < -0.4 is 5.32 Å². The van der Waals surface area contributed by atoms with Crippen LogP contribution in [0.2, 0.25) is 0 Å². The standard InChI is InChI=1S/C18H23N3O2/c1-13-10-19-14(2)20-18(13)21-16-8-9-22-12-17(16)23-11-15-6-4-3-5-7-15/h3-7,10,16-17H,8-9,11-12H2,1-2H3,(H,19,20,21)/t16-,17-/m1/s1. The van der Waals surface area contributed by atoms with E-state index in [2.05, 4.69) is 27.4 Å². The number of hydrogen-bond donors (Lipinski definition) is 1. The van der Waals surface area contributed by atoms with E-state index in [1.165, 1.54) is 5.56 Å². The maximum atomic E-state index is 6.09. The molecule has 0 aliphatic carbocycles. The van der Waals surface area contributed by atoms with Crippen LogP contribution in [0.3, 0.4) is 0 Å². The normalized spacial score (nSPS) is 21.1. The number of nitrogens with one attached hydrogen (secondary N) is 1. The Labute approximate surface area is 137 Å². The quantitative estimate of drug-likeness (QED) is 0.920. The summed E-state index contributed by atoms with van der Waals surface area (Å²) in [5, 5.41) is 3.52. The molecule has 2 heterocycles. The summed E-state index contributed by atoms with van der Waals surface area (Å²) in [6.07, 6.45) is 2.77. The Hall–Kier alpha value is -1.98. The molecule has 1 N–H and O–H groups in total. The minimum Gasteiger partial charge on any atom is -0.379 e. The summed E-state index contributed by atoms with van der Waals surface area (Å²) < 4.78 is 11.7. The van der Waals surface area contributed by atoms with Gasteiger partial charge in [-0.25, -0.2) is 9.97 Å². The van der Waals surface area contributed by atoms with Gasteiger partial charge in [0.05, 0.1) is 19.3 Å². The van der Waals surface area contributed by atoms with Gasteiger partial charge in [0.2, 0.25) is 0 Å². The molecule has 1 aliphatic heterocycles. The van der Waals surface area contributed by atoms with Crippen molar-refractivity contribution in [3.63, 3.8) is 0 Å². The van der Waals surface area contributed by atoms with E-state index in [1.807, 2.05) is 38.2 Å². The summed E-state index contributed by atoms with van der Waals surface area (Å²) in [6, 6.07) is 10.4. The molecule has 1 aromatic carbocycles. The van der Waals surface area contributed by atoms with Gasteiger partial charge in [0.1, 0.15) is 17.7 Å². The van der Waals surface area contributed by atoms with Gasteiger partial charge < -0.3 is 14.8 Å². The SMILES string of the molecule is Cc1ncc(C)c(N[C@@H]2CCOC[C@H]2OCc2ccccc2)n1. The summed E-state index contributed by atoms with van der Waals surface area (Å²) >= 11 is 0. The van der Waals surface area contributed by atoms with E-state index < -0.39 is 0 Å². The lowest BCUT2D eigenvalue weighted by molar-refractivity contribution is -0.0637. The number of hydrogen-bond acceptors (Lipinski definition) is 5. The third kappa shape index (κ3) is 4.27. The molecule has 1 fully saturated rings. The lowest BCUT2D eigenvalue weighted by Crippen LogP contribution is -2.44. The molecule has 1 saturated heterocycles. The van der Waals surface area contributed by atoms with Crippen molar-refractivity contribution in [3.05, 3.63) is 53.5 Å². The topological polar surface area (TPSA) is 56.3 Å². The van der Waals surface area contributed by atoms with E-state index in [-0.39, 0.29) is 12.1 Å². The van der Waals surface area contributed by atoms with Gasteiger partial charge in [-0.05, 0) is 25.8 Å². The minimum absolute atomic E-state index is 0.0126. The molecular weight excluding hydrogens is 290 g/mol. The summed E-state index contributed by atoms with van der Waals surface area (Å²) in [6.45, 7) is 5.85. The van der Waals surface area contributed by atoms with Crippen molar-refractivity contribution in [2.45, 2.75) is 39.0 Å². The lowest BCUT2D eigenvalue weighted by Gasteiger charge is -2.32. The van der Waals surface area contributed by atoms with Crippen LogP contribution in [-0.2, 0) is 16.1 Å². The summed E-state index contributed by atoms with van der Waals surface area (Å²) in [5.41, 5.74) is 2.22. The third-order valence-corrected chi connectivity index (χ3v) is 4.03. The number of ether oxygens (including phenoxy) is 2. The van der Waals surface area contributed by atoms with Crippen LogP contribution in [-0.4, -0.2) is 35.3 Å². The van der Waals surface area contributed by atoms with Crippen molar-refractivity contribution < 1.29 is 9.47 Å². The predicted molar refractivity (Wildman–Crippen MR) is 89.4 cm³/mol. The number of aromatic nitrogens is 2. The molecule has 0 amide bonds. The van der Waals surface area contributed by atoms with Crippen LogP contribution in [0.5, 0.6) is 0 Å². The first-order valence-electron chi connectivity index (χ1n) is 8.02. The fourth-order valence-corrected chi connectivity index (χ4v) is 2.67. The van der Waals surface area contributed by atoms with Crippen molar-refractivity contribution in [3.8, 4) is 0 Å². The van der Waals surface area contributed by atoms with Crippen molar-refractivity contribution in [1.29, 1.82) is 0 Å². The van der Waals surface area contributed by atoms with E-state index in [0.717, 1.165) is 30.2 Å². The van der Waals surface area contributed by atoms with E-state index in [0.29, 0.717) is 13.2 Å². The molecular formula is C18H23N3O2. The van der Waals surface area contributed by atoms with E-state index in [1.54, 1.807) is 0 Å². The van der Waals surface area contributed by atoms with Gasteiger partial charge in [0, 0.05) is 18.4 Å². The Morgan fingerprint density at radius 2 is 2.09 bits per heavy atom. The van der Waals surface area contributed by atoms with Gasteiger partial charge in [0.25, 0.3) is 0 Å². The van der Waals surface area contributed by atoms with Gasteiger partial charge in [-0.1, -0.05) is 30.3 Å². The average Bonchev–Trinajstić information content (AvgIpc) is 2.58. The monoisotopic (exact) mass is 313 g/mol. The molecule has 0 radical (unpaired) electrons. The third-order valence-electron chi connectivity index (χ3n) is 4.03. The maximum absolute atomic E-state index is 6.09. The number of anilines is 1. The molecule has 1 aromatic heterocycles. The Bertz CT molecular complexity index is 633. The first-order valence-corrected chi connectivity index (χ1v) is 8.02. The molecule has 2 atom stereocenters. The molecule has 0 unspecified atom stereocenters. The second kappa shape index (κ2) is 7.53. The highest BCUT2D eigenvalue weighted by Crippen LogP contribution is 2.19. The predicted octanol–water partition coefficient (Wildman–Crippen LogP) is 2.88. The van der Waals surface area contributed by atoms with Crippen LogP contribution in [0.1, 0.15) is 23.4 Å². The van der Waals surface area contributed by atoms with Crippen LogP contribution in [0.4, 0.5) is 5.82 Å². The zero-order valence-corrected chi connectivity index (χ0v) is 13.7. The number of benzene rings is 1. The van der Waals surface area contributed by atoms with Crippen LogP contribution in [0.25, 0.3) is 0 Å². The van der Waals surface area contributed by atoms with Crippen molar-refractivity contribution >= 4 is 5.82 Å². The average molecular weight is 313 g/mol. The maximum Gasteiger partial charge on any atom is 0.132 e. The Balaban J connectivity index is 1.65. The van der Waals surface area contributed by atoms with Crippen LogP contribution in [0.15, 0.2) is 36.5 Å². The smallest absolute Gasteiger partial charge is 0.132 e. The number of rotatable bonds is 5. The second-order valence-corrected chi connectivity index (χ2v) is 5.90. The van der Waals surface area contributed by atoms with Gasteiger partial charge in [-0.3, -0.25) is 0 Å². The Morgan fingerprint density at radius 3 is 2.91 bits per heavy atom. The van der Waals surface area contributed by atoms with Gasteiger partial charge in [-0.15, -0.1) is 0 Å². The Morgan fingerprint density at radius 1 is 1.26 bits per heavy atom. The number of nitrogens with zero attached hydrogens (tertiary/aromatic N) is 2. The molecule has 0 bridgehead atoms. The van der Waals surface area contributed by atoms with Crippen molar-refractivity contribution in [2.75, 3.05) is 18.5 Å². The highest BCUT2D eigenvalue weighted by molar-refractivity contribution is 5.43. The van der Waals surface area contributed by atoms with E-state index in [9.17, 15) is 0 Å². The molecule has 0 spiro atoms. The van der Waals surface area contributed by atoms with E-state index in [4.69, 9.17) is 9.47 Å². The molecule has 122 valence electrons. The first-order chi connectivity index (χ1) is 11.2. The van der Waals surface area contributed by atoms with Crippen molar-refractivity contribution in [1.82, 2.24) is 9.97 Å². The summed E-state index contributed by atoms with van der Waals surface area (Å²) in [4.78, 5) is 8.72. The molecule has 1 aliphatic rings. The van der Waals surface area contributed by atoms with Gasteiger partial charge in [-0.2, -0.15) is 0 Å². The van der Waals surface area contributed by atoms with Crippen molar-refractivity contribution in [2.24, 2.45) is 0 Å². The summed E-state index contributed by atoms with van der Waals surface area (Å²) in [5.74, 6) is 1.66.